The van der Waals surface area contributed by atoms with Gasteiger partial charge in [0.1, 0.15) is 17.6 Å². The van der Waals surface area contributed by atoms with Crippen molar-refractivity contribution in [3.8, 4) is 17.1 Å². The van der Waals surface area contributed by atoms with Gasteiger partial charge in [0.25, 0.3) is 11.5 Å². The van der Waals surface area contributed by atoms with Crippen molar-refractivity contribution in [2.45, 2.75) is 65.3 Å². The number of aryl methyl sites for hydroxylation is 1. The summed E-state index contributed by atoms with van der Waals surface area (Å²) in [7, 11) is 0. The number of nitrogens with one attached hydrogen (secondary N) is 3. The summed E-state index contributed by atoms with van der Waals surface area (Å²) in [5.74, 6) is 0.411. The average molecular weight is 441 g/mol. The number of carbonyl (C=O) groups excluding carboxylic acids is 2. The predicted molar refractivity (Wildman–Crippen MR) is 123 cm³/mol. The molecule has 0 bridgehead atoms. The molecular weight excluding hydrogens is 408 g/mol. The predicted octanol–water partition coefficient (Wildman–Crippen LogP) is 2.75. The van der Waals surface area contributed by atoms with Crippen LogP contribution < -0.4 is 20.9 Å². The molecule has 3 N–H and O–H groups in total. The summed E-state index contributed by atoms with van der Waals surface area (Å²) in [6.07, 6.45) is 4.41. The first-order valence-corrected chi connectivity index (χ1v) is 11.5. The van der Waals surface area contributed by atoms with Gasteiger partial charge in [-0.25, -0.2) is 4.98 Å². The van der Waals surface area contributed by atoms with Gasteiger partial charge in [0.15, 0.2) is 0 Å². The normalized spacial score (nSPS) is 16.2. The minimum Gasteiger partial charge on any atom is -0.493 e. The molecule has 8 heteroatoms. The Morgan fingerprint density at radius 3 is 2.72 bits per heavy atom. The van der Waals surface area contributed by atoms with Crippen molar-refractivity contribution in [2.24, 2.45) is 0 Å². The number of nitrogens with zero attached hydrogens (tertiary/aromatic N) is 1. The van der Waals surface area contributed by atoms with Gasteiger partial charge in [-0.15, -0.1) is 0 Å². The molecule has 2 aromatic rings. The molecule has 0 aliphatic carbocycles. The summed E-state index contributed by atoms with van der Waals surface area (Å²) >= 11 is 0. The third-order valence-electron chi connectivity index (χ3n) is 5.59. The monoisotopic (exact) mass is 440 g/mol. The molecular formula is C24H32N4O4. The van der Waals surface area contributed by atoms with Crippen LogP contribution in [0.5, 0.6) is 5.75 Å². The molecule has 0 spiro atoms. The van der Waals surface area contributed by atoms with Crippen LogP contribution in [0, 0.1) is 0 Å². The van der Waals surface area contributed by atoms with E-state index in [1.54, 1.807) is 18.2 Å². The summed E-state index contributed by atoms with van der Waals surface area (Å²) in [6.45, 7) is 7.02. The van der Waals surface area contributed by atoms with Crippen LogP contribution in [0.3, 0.4) is 0 Å². The van der Waals surface area contributed by atoms with Crippen molar-refractivity contribution >= 4 is 11.8 Å². The number of hydrogen-bond donors (Lipinski definition) is 3. The molecule has 2 heterocycles. The van der Waals surface area contributed by atoms with Gasteiger partial charge >= 0.3 is 0 Å². The number of H-pyrrole nitrogens is 1. The first kappa shape index (κ1) is 23.5. The minimum absolute atomic E-state index is 0.160. The van der Waals surface area contributed by atoms with Crippen LogP contribution in [-0.2, 0) is 17.6 Å². The molecule has 1 saturated heterocycles. The number of benzene rings is 1. The van der Waals surface area contributed by atoms with Gasteiger partial charge in [-0.05, 0) is 56.7 Å². The van der Waals surface area contributed by atoms with Gasteiger partial charge < -0.3 is 20.4 Å². The van der Waals surface area contributed by atoms with E-state index < -0.39 is 6.04 Å². The lowest BCUT2D eigenvalue weighted by atomic mass is 10.1. The number of aromatic nitrogens is 2. The van der Waals surface area contributed by atoms with E-state index in [0.717, 1.165) is 25.0 Å². The van der Waals surface area contributed by atoms with Crippen molar-refractivity contribution < 1.29 is 14.3 Å². The number of carbonyl (C=O) groups is 2. The Hall–Kier alpha value is -3.16. The van der Waals surface area contributed by atoms with Crippen LogP contribution in [0.1, 0.15) is 68.1 Å². The molecule has 8 nitrogen and oxygen atoms in total. The lowest BCUT2D eigenvalue weighted by molar-refractivity contribution is -0.122. The molecule has 0 saturated carbocycles. The minimum atomic E-state index is -0.557. The third-order valence-corrected chi connectivity index (χ3v) is 5.59. The fraction of sp³-hybridized carbons (Fsp3) is 0.500. The van der Waals surface area contributed by atoms with Crippen LogP contribution in [0.2, 0.25) is 0 Å². The molecule has 1 unspecified atom stereocenters. The van der Waals surface area contributed by atoms with E-state index in [1.807, 2.05) is 20.8 Å². The van der Waals surface area contributed by atoms with Crippen molar-refractivity contribution in [2.75, 3.05) is 13.2 Å². The largest absolute Gasteiger partial charge is 0.493 e. The Morgan fingerprint density at radius 1 is 1.19 bits per heavy atom. The summed E-state index contributed by atoms with van der Waals surface area (Å²) in [5.41, 5.74) is 2.14. The van der Waals surface area contributed by atoms with E-state index in [4.69, 9.17) is 4.74 Å². The maximum absolute atomic E-state index is 12.9. The van der Waals surface area contributed by atoms with Gasteiger partial charge in [0, 0.05) is 17.7 Å². The number of ether oxygens (including phenoxy) is 1. The molecule has 3 rings (SSSR count). The fourth-order valence-electron chi connectivity index (χ4n) is 3.84. The quantitative estimate of drug-likeness (QED) is 0.584. The highest BCUT2D eigenvalue weighted by Gasteiger charge is 2.24. The van der Waals surface area contributed by atoms with Gasteiger partial charge in [0.2, 0.25) is 5.91 Å². The van der Waals surface area contributed by atoms with E-state index in [1.165, 1.54) is 0 Å². The summed E-state index contributed by atoms with van der Waals surface area (Å²) in [4.78, 5) is 45.3. The smallest absolute Gasteiger partial charge is 0.254 e. The van der Waals surface area contributed by atoms with Gasteiger partial charge in [0.05, 0.1) is 17.9 Å². The van der Waals surface area contributed by atoms with Gasteiger partial charge in [-0.3, -0.25) is 14.4 Å². The Morgan fingerprint density at radius 2 is 2.00 bits per heavy atom. The number of rotatable bonds is 8. The summed E-state index contributed by atoms with van der Waals surface area (Å²) < 4.78 is 5.87. The van der Waals surface area contributed by atoms with E-state index in [2.05, 4.69) is 20.6 Å². The molecule has 1 aliphatic heterocycles. The van der Waals surface area contributed by atoms with Crippen LogP contribution in [0.25, 0.3) is 11.4 Å². The van der Waals surface area contributed by atoms with Crippen LogP contribution in [-0.4, -0.2) is 41.0 Å². The van der Waals surface area contributed by atoms with Crippen molar-refractivity contribution in [3.05, 3.63) is 45.4 Å². The SMILES string of the molecule is CCCOc1ccc(C(=O)NC2CCCCNC2=O)cc1-c1nc(CC)c(CC)c(=O)[nH]1. The number of aromatic amines is 1. The molecule has 1 atom stereocenters. The van der Waals surface area contributed by atoms with Crippen LogP contribution >= 0.6 is 0 Å². The second-order valence-corrected chi connectivity index (χ2v) is 7.92. The maximum atomic E-state index is 12.9. The average Bonchev–Trinajstić information content (AvgIpc) is 3.00. The first-order chi connectivity index (χ1) is 15.5. The second kappa shape index (κ2) is 10.9. The van der Waals surface area contributed by atoms with E-state index in [0.29, 0.717) is 60.7 Å². The number of amides is 2. The summed E-state index contributed by atoms with van der Waals surface area (Å²) in [6, 6.07) is 4.49. The van der Waals surface area contributed by atoms with E-state index in [9.17, 15) is 14.4 Å². The standard InChI is InChI=1S/C24H32N4O4/c1-4-13-32-20-11-10-15(22(29)27-19-9-7-8-12-25-24(19)31)14-17(20)21-26-18(6-3)16(5-2)23(30)28-21/h10-11,14,19H,4-9,12-13H2,1-3H3,(H,25,31)(H,27,29)(H,26,28,30). The zero-order chi connectivity index (χ0) is 23.1. The van der Waals surface area contributed by atoms with Crippen molar-refractivity contribution in [1.82, 2.24) is 20.6 Å². The van der Waals surface area contributed by atoms with Gasteiger partial charge in [-0.1, -0.05) is 20.8 Å². The van der Waals surface area contributed by atoms with Gasteiger partial charge in [-0.2, -0.15) is 0 Å². The number of hydrogen-bond acceptors (Lipinski definition) is 5. The highest BCUT2D eigenvalue weighted by molar-refractivity contribution is 5.98. The molecule has 2 amide bonds. The molecule has 1 aliphatic rings. The fourth-order valence-corrected chi connectivity index (χ4v) is 3.84. The topological polar surface area (TPSA) is 113 Å². The Bertz CT molecular complexity index is 1030. The first-order valence-electron chi connectivity index (χ1n) is 11.5. The van der Waals surface area contributed by atoms with Crippen LogP contribution in [0.15, 0.2) is 23.0 Å². The molecule has 1 fully saturated rings. The Balaban J connectivity index is 1.98. The molecule has 1 aromatic carbocycles. The van der Waals surface area contributed by atoms with Crippen LogP contribution in [0.4, 0.5) is 0 Å². The lowest BCUT2D eigenvalue weighted by Crippen LogP contribution is -2.45. The molecule has 0 radical (unpaired) electrons. The Labute approximate surface area is 188 Å². The molecule has 32 heavy (non-hydrogen) atoms. The molecule has 1 aromatic heterocycles. The van der Waals surface area contributed by atoms with Crippen molar-refractivity contribution in [3.63, 3.8) is 0 Å². The Kier molecular flexibility index (Phi) is 8.03. The van der Waals surface area contributed by atoms with E-state index in [-0.39, 0.29) is 17.4 Å². The van der Waals surface area contributed by atoms with E-state index >= 15 is 0 Å². The zero-order valence-corrected chi connectivity index (χ0v) is 19.0. The maximum Gasteiger partial charge on any atom is 0.254 e. The third kappa shape index (κ3) is 5.36. The summed E-state index contributed by atoms with van der Waals surface area (Å²) in [5, 5.41) is 5.66. The lowest BCUT2D eigenvalue weighted by Gasteiger charge is -2.17. The highest BCUT2D eigenvalue weighted by Crippen LogP contribution is 2.29. The van der Waals surface area contributed by atoms with Crippen molar-refractivity contribution in [1.29, 1.82) is 0 Å². The second-order valence-electron chi connectivity index (χ2n) is 7.92. The highest BCUT2D eigenvalue weighted by atomic mass is 16.5. The zero-order valence-electron chi connectivity index (χ0n) is 19.0. The molecule has 172 valence electrons.